The van der Waals surface area contributed by atoms with Gasteiger partial charge in [0, 0.05) is 24.6 Å². The average molecular weight is 712 g/mol. The quantitative estimate of drug-likeness (QED) is 0.0486. The van der Waals surface area contributed by atoms with Gasteiger partial charge in [0.05, 0.1) is 38.6 Å². The van der Waals surface area contributed by atoms with Gasteiger partial charge in [0.2, 0.25) is 0 Å². The zero-order valence-corrected chi connectivity index (χ0v) is 33.2. The number of rotatable bonds is 26. The van der Waals surface area contributed by atoms with E-state index < -0.39 is 18.2 Å². The molecule has 0 aromatic rings. The molecule has 0 aromatic carbocycles. The molecule has 1 saturated heterocycles. The van der Waals surface area contributed by atoms with Crippen LogP contribution in [0.5, 0.6) is 0 Å². The second kappa shape index (κ2) is 43.3. The smallest absolute Gasteiger partial charge is 0.126 e. The van der Waals surface area contributed by atoms with Crippen LogP contribution in [0.15, 0.2) is 0 Å². The molecule has 1 fully saturated rings. The van der Waals surface area contributed by atoms with E-state index in [9.17, 15) is 9.90 Å². The normalized spacial score (nSPS) is 16.7. The fraction of sp³-hybridized carbons (Fsp3) is 0.974. The molecule has 300 valence electrons. The summed E-state index contributed by atoms with van der Waals surface area (Å²) < 4.78 is 4.61. The van der Waals surface area contributed by atoms with Crippen LogP contribution in [0.25, 0.3) is 0 Å². The van der Waals surface area contributed by atoms with Crippen molar-refractivity contribution in [1.29, 1.82) is 0 Å². The van der Waals surface area contributed by atoms with Crippen molar-refractivity contribution < 1.29 is 45.5 Å². The van der Waals surface area contributed by atoms with Crippen LogP contribution in [0.4, 0.5) is 0 Å². The number of aliphatic carboxylic acids is 1. The molecule has 1 heterocycles. The lowest BCUT2D eigenvalue weighted by Crippen LogP contribution is -2.91. The Hall–Kier alpha value is -0.890. The molecule has 0 bridgehead atoms. The molecule has 0 saturated carbocycles. The number of epoxide rings is 1. The fourth-order valence-corrected chi connectivity index (χ4v) is 4.33. The maximum absolute atomic E-state index is 10.3. The highest BCUT2D eigenvalue weighted by atomic mass is 16.6. The van der Waals surface area contributed by atoms with E-state index in [2.05, 4.69) is 63.8 Å². The first-order chi connectivity index (χ1) is 23.3. The number of carbonyl (C=O) groups excluding carboxylic acids is 1. The van der Waals surface area contributed by atoms with Gasteiger partial charge < -0.3 is 56.5 Å². The Kier molecular flexibility index (Phi) is 48.5. The third kappa shape index (κ3) is 51.6. The molecule has 10 N–H and O–H groups in total. The zero-order valence-electron chi connectivity index (χ0n) is 33.2. The Morgan fingerprint density at radius 2 is 1.29 bits per heavy atom. The molecule has 11 nitrogen and oxygen atoms in total. The summed E-state index contributed by atoms with van der Waals surface area (Å²) in [7, 11) is 0. The highest BCUT2D eigenvalue weighted by molar-refractivity contribution is 5.67. The highest BCUT2D eigenvalue weighted by Gasteiger charge is 2.19. The molecule has 11 heteroatoms. The minimum Gasteiger partial charge on any atom is -0.550 e. The van der Waals surface area contributed by atoms with Crippen LogP contribution < -0.4 is 21.5 Å². The summed E-state index contributed by atoms with van der Waals surface area (Å²) in [6.45, 7) is 18.7. The van der Waals surface area contributed by atoms with Gasteiger partial charge in [-0.1, -0.05) is 98.8 Å². The van der Waals surface area contributed by atoms with Crippen LogP contribution >= 0.6 is 0 Å². The first-order valence-electron chi connectivity index (χ1n) is 19.7. The van der Waals surface area contributed by atoms with Crippen LogP contribution in [-0.2, 0) is 9.53 Å². The van der Waals surface area contributed by atoms with Crippen LogP contribution in [0.2, 0.25) is 0 Å². The number of hydrogen-bond donors (Lipinski definition) is 8. The molecule has 49 heavy (non-hydrogen) atoms. The van der Waals surface area contributed by atoms with Crippen molar-refractivity contribution in [3.8, 4) is 0 Å². The summed E-state index contributed by atoms with van der Waals surface area (Å²) in [4.78, 5) is 10.3. The van der Waals surface area contributed by atoms with Crippen molar-refractivity contribution in [2.24, 2.45) is 11.7 Å². The van der Waals surface area contributed by atoms with Crippen molar-refractivity contribution in [3.05, 3.63) is 0 Å². The number of carboxylic acid groups (broad SMARTS) is 1. The molecule has 1 aliphatic rings. The Morgan fingerprint density at radius 3 is 1.65 bits per heavy atom. The molecule has 0 amide bonds. The van der Waals surface area contributed by atoms with Gasteiger partial charge in [0.15, 0.2) is 0 Å². The van der Waals surface area contributed by atoms with Gasteiger partial charge in [0.25, 0.3) is 0 Å². The maximum Gasteiger partial charge on any atom is 0.126 e. The monoisotopic (exact) mass is 712 g/mol. The molecule has 1 rings (SSSR count). The standard InChI is InChI=1S/2C10H23NO2.C8H16O2.C7H17N.C3H6O2/c2*1-3-4-5-6-9(2)11-7-10(13)8-12;1-3-5-6-7(4-2)8(9)10;1-3-4-5-6-7(2)8;4-1-3-2-5-3/h2*9-13H,3-8H2,1-2H3;7H,3-6H2,1-2H3,(H,9,10);7H,3-6,8H2,1-2H3;3-4H,1-2H2. The molecule has 0 aliphatic carbocycles. The number of nitrogens with two attached hydrogens (primary N) is 2. The molecule has 7 unspecified atom stereocenters. The van der Waals surface area contributed by atoms with Gasteiger partial charge in [-0.3, -0.25) is 0 Å². The number of unbranched alkanes of at least 4 members (excludes halogenated alkanes) is 7. The van der Waals surface area contributed by atoms with Gasteiger partial charge in [-0.2, -0.15) is 0 Å². The summed E-state index contributed by atoms with van der Waals surface area (Å²) in [5.41, 5.74) is 5.53. The first-order valence-corrected chi connectivity index (χ1v) is 19.7. The summed E-state index contributed by atoms with van der Waals surface area (Å²) in [5, 5.41) is 59.0. The number of carbonyl (C=O) groups is 1. The topological polar surface area (TPSA) is 208 Å². The maximum atomic E-state index is 10.3. The van der Waals surface area contributed by atoms with E-state index in [1.54, 1.807) is 0 Å². The van der Waals surface area contributed by atoms with Gasteiger partial charge in [-0.05, 0) is 65.2 Å². The lowest BCUT2D eigenvalue weighted by molar-refractivity contribution is -0.692. The third-order valence-electron chi connectivity index (χ3n) is 8.04. The Balaban J connectivity index is -0.000000266. The number of aliphatic hydroxyl groups excluding tert-OH is 5. The van der Waals surface area contributed by atoms with E-state index in [0.717, 1.165) is 32.3 Å². The van der Waals surface area contributed by atoms with E-state index in [4.69, 9.17) is 31.3 Å². The zero-order chi connectivity index (χ0) is 38.3. The molecule has 1 aliphatic heterocycles. The van der Waals surface area contributed by atoms with Crippen molar-refractivity contribution in [2.75, 3.05) is 39.5 Å². The molecule has 7 atom stereocenters. The predicted molar refractivity (Wildman–Crippen MR) is 201 cm³/mol. The number of aliphatic hydroxyl groups is 5. The molecule has 0 spiro atoms. The van der Waals surface area contributed by atoms with Crippen LogP contribution in [0.1, 0.15) is 158 Å². The highest BCUT2D eigenvalue weighted by Crippen LogP contribution is 2.10. The minimum absolute atomic E-state index is 0.127. The van der Waals surface area contributed by atoms with Gasteiger partial charge in [0.1, 0.15) is 18.8 Å². The Bertz CT molecular complexity index is 604. The van der Waals surface area contributed by atoms with Gasteiger partial charge in [-0.15, -0.1) is 0 Å². The third-order valence-corrected chi connectivity index (χ3v) is 8.04. The van der Waals surface area contributed by atoms with E-state index in [1.165, 1.54) is 70.6 Å². The number of hydrogen-bond acceptors (Lipinski definition) is 10. The summed E-state index contributed by atoms with van der Waals surface area (Å²) in [6.07, 6.45) is 17.6. The molecule has 0 radical (unpaired) electrons. The van der Waals surface area contributed by atoms with E-state index in [0.29, 0.717) is 37.6 Å². The largest absolute Gasteiger partial charge is 0.550 e. The lowest BCUT2D eigenvalue weighted by Gasteiger charge is -2.15. The van der Waals surface area contributed by atoms with Gasteiger partial charge in [-0.25, -0.2) is 0 Å². The Labute approximate surface area is 302 Å². The first kappa shape index (κ1) is 54.9. The number of quaternary nitrogens is 1. The number of nitrogens with one attached hydrogen (secondary N) is 1. The SMILES string of the molecule is CCCCC(CC)C(=O)[O-].CCCCCC(C)N.CCCCCC(C)NCC(O)CO.CCCCCC(C)[NH2+]CC(O)CO.OCC1CO1. The van der Waals surface area contributed by atoms with Crippen molar-refractivity contribution in [2.45, 2.75) is 195 Å². The van der Waals surface area contributed by atoms with Crippen molar-refractivity contribution >= 4 is 5.97 Å². The minimum atomic E-state index is -0.893. The molecular formula is C38H85N3O8. The second-order valence-corrected chi connectivity index (χ2v) is 13.6. The van der Waals surface area contributed by atoms with Crippen LogP contribution in [0.3, 0.4) is 0 Å². The fourth-order valence-electron chi connectivity index (χ4n) is 4.33. The molecule has 0 aromatic heterocycles. The summed E-state index contributed by atoms with van der Waals surface area (Å²) >= 11 is 0. The predicted octanol–water partition coefficient (Wildman–Crippen LogP) is 3.01. The van der Waals surface area contributed by atoms with Gasteiger partial charge >= 0.3 is 0 Å². The Morgan fingerprint density at radius 1 is 0.796 bits per heavy atom. The van der Waals surface area contributed by atoms with Crippen molar-refractivity contribution in [1.82, 2.24) is 5.32 Å². The average Bonchev–Trinajstić information content (AvgIpc) is 3.93. The number of ether oxygens (including phenoxy) is 1. The molecular weight excluding hydrogens is 626 g/mol. The number of carboxylic acids is 1. The lowest BCUT2D eigenvalue weighted by atomic mass is 10.00. The van der Waals surface area contributed by atoms with Crippen LogP contribution in [0, 0.1) is 5.92 Å². The van der Waals surface area contributed by atoms with Crippen molar-refractivity contribution in [3.63, 3.8) is 0 Å². The van der Waals surface area contributed by atoms with E-state index >= 15 is 0 Å². The van der Waals surface area contributed by atoms with E-state index in [1.807, 2.05) is 6.92 Å². The van der Waals surface area contributed by atoms with E-state index in [-0.39, 0.29) is 31.8 Å². The van der Waals surface area contributed by atoms with Crippen LogP contribution in [-0.4, -0.2) is 107 Å². The summed E-state index contributed by atoms with van der Waals surface area (Å²) in [5.74, 6) is -1.11. The second-order valence-electron chi connectivity index (χ2n) is 13.6. The summed E-state index contributed by atoms with van der Waals surface area (Å²) in [6, 6.07) is 1.40.